The van der Waals surface area contributed by atoms with E-state index in [1.165, 1.54) is 30.3 Å². The zero-order chi connectivity index (χ0) is 40.7. The number of rotatable bonds is 18. The van der Waals surface area contributed by atoms with Crippen LogP contribution in [0, 0.1) is 6.92 Å². The van der Waals surface area contributed by atoms with E-state index in [0.717, 1.165) is 27.1 Å². The molecule has 0 unspecified atom stereocenters. The molecule has 3 aromatic rings. The molecule has 60 heavy (non-hydrogen) atoms. The monoisotopic (exact) mass is 799 g/mol. The SMILES string of the molecule is Cc1ccc(N(CC(=O)O)CC(=O)O)c(OCCOc2cc(NC(=O)c3cc(=O)cc4oc5cc(N(C)C)ccc5nc3-4)ccc2N(CC(=O)O)CC(=O)O)c1.[Li].[Li].[Li].[Li]. The Labute approximate surface area is 391 Å². The fraction of sp³-hybridized carbons (Fsp3) is 0.237. The summed E-state index contributed by atoms with van der Waals surface area (Å²) in [5.74, 6) is -5.73. The predicted octanol–water partition coefficient (Wildman–Crippen LogP) is 1.81. The Morgan fingerprint density at radius 2 is 1.20 bits per heavy atom. The van der Waals surface area contributed by atoms with Crippen molar-refractivity contribution < 1.29 is 58.3 Å². The number of benzene rings is 4. The number of aryl methyl sites for hydroxylation is 1. The van der Waals surface area contributed by atoms with Crippen LogP contribution in [0.5, 0.6) is 11.5 Å². The van der Waals surface area contributed by atoms with Gasteiger partial charge in [-0.25, -0.2) is 4.98 Å². The topological polar surface area (TPSA) is 250 Å². The molecule has 2 aliphatic rings. The molecule has 0 atom stereocenters. The first kappa shape index (κ1) is 53.0. The molecule has 0 saturated heterocycles. The maximum absolute atomic E-state index is 13.7. The summed E-state index contributed by atoms with van der Waals surface area (Å²) in [6, 6.07) is 16.5. The number of nitrogens with zero attached hydrogens (tertiary/aromatic N) is 4. The van der Waals surface area contributed by atoms with Crippen molar-refractivity contribution in [2.45, 2.75) is 6.92 Å². The van der Waals surface area contributed by atoms with Crippen LogP contribution >= 0.6 is 0 Å². The summed E-state index contributed by atoms with van der Waals surface area (Å²) in [7, 11) is 3.71. The summed E-state index contributed by atoms with van der Waals surface area (Å²) in [6.45, 7) is -1.37. The van der Waals surface area contributed by atoms with Crippen molar-refractivity contribution in [3.05, 3.63) is 88.1 Å². The molecule has 1 heterocycles. The normalized spacial score (nSPS) is 10.1. The average Bonchev–Trinajstić information content (AvgIpc) is 3.10. The van der Waals surface area contributed by atoms with Crippen LogP contribution in [-0.4, -0.2) is 184 Å². The number of carboxylic acids is 4. The third-order valence-corrected chi connectivity index (χ3v) is 8.12. The van der Waals surface area contributed by atoms with Crippen molar-refractivity contribution >= 4 is 139 Å². The molecule has 0 fully saturated rings. The Hall–Kier alpha value is -4.98. The van der Waals surface area contributed by atoms with Crippen LogP contribution < -0.4 is 34.9 Å². The van der Waals surface area contributed by atoms with Crippen LogP contribution in [0.25, 0.3) is 22.6 Å². The quantitative estimate of drug-likeness (QED) is 0.0482. The van der Waals surface area contributed by atoms with Crippen LogP contribution in [0.4, 0.5) is 22.7 Å². The summed E-state index contributed by atoms with van der Waals surface area (Å²) in [5, 5.41) is 40.5. The van der Waals surface area contributed by atoms with Crippen LogP contribution in [0.15, 0.2) is 75.9 Å². The second kappa shape index (κ2) is 23.7. The molecule has 296 valence electrons. The molecule has 4 radical (unpaired) electrons. The van der Waals surface area contributed by atoms with Crippen molar-refractivity contribution in [3.63, 3.8) is 0 Å². The maximum atomic E-state index is 13.7. The molecular weight excluding hydrogens is 762 g/mol. The smallest absolute Gasteiger partial charge is 0.323 e. The van der Waals surface area contributed by atoms with Gasteiger partial charge < -0.3 is 54.3 Å². The summed E-state index contributed by atoms with van der Waals surface area (Å²) in [5.41, 5.74) is 2.26. The standard InChI is InChI=1S/C38H37N5O13.4Li/c1-21-4-8-27(42(17-33(45)46)18-34(47)48)30(12-21)54-10-11-55-31-13-22(5-9-28(31)43(19-35(49)50)20-36(51)52)39-38(53)25-15-24(44)16-32-37(25)40-26-7-6-23(41(2)3)14-29(26)56-32;;;;/h4-9,12-16H,10-11,17-20H2,1-3H3,(H,39,53)(H,45,46)(H,47,48)(H,49,50)(H,51,52);;;;. The van der Waals surface area contributed by atoms with Gasteiger partial charge in [-0.15, -0.1) is 0 Å². The summed E-state index contributed by atoms with van der Waals surface area (Å²) >= 11 is 0. The van der Waals surface area contributed by atoms with E-state index in [1.54, 1.807) is 31.2 Å². The third kappa shape index (κ3) is 14.1. The zero-order valence-electron chi connectivity index (χ0n) is 34.3. The van der Waals surface area contributed by atoms with Crippen molar-refractivity contribution in [2.75, 3.05) is 73.5 Å². The first-order chi connectivity index (χ1) is 26.6. The number of nitrogens with one attached hydrogen (secondary N) is 1. The number of carboxylic acid groups (broad SMARTS) is 4. The number of carbonyl (C=O) groups excluding carboxylic acids is 1. The third-order valence-electron chi connectivity index (χ3n) is 8.12. The van der Waals surface area contributed by atoms with E-state index in [-0.39, 0.29) is 134 Å². The Morgan fingerprint density at radius 3 is 1.72 bits per heavy atom. The first-order valence-electron chi connectivity index (χ1n) is 16.8. The number of ether oxygens (including phenoxy) is 2. The van der Waals surface area contributed by atoms with E-state index >= 15 is 0 Å². The zero-order valence-corrected chi connectivity index (χ0v) is 34.3. The minimum atomic E-state index is -1.33. The Balaban J connectivity index is 0.00000450. The van der Waals surface area contributed by atoms with Gasteiger partial charge >= 0.3 is 23.9 Å². The second-order valence-electron chi connectivity index (χ2n) is 12.7. The van der Waals surface area contributed by atoms with Gasteiger partial charge in [0.15, 0.2) is 16.8 Å². The molecule has 18 nitrogen and oxygen atoms in total. The minimum Gasteiger partial charge on any atom is -0.488 e. The molecule has 0 spiro atoms. The molecule has 1 aliphatic heterocycles. The summed E-state index contributed by atoms with van der Waals surface area (Å²) in [6.07, 6.45) is 0. The van der Waals surface area contributed by atoms with E-state index < -0.39 is 61.4 Å². The fourth-order valence-electron chi connectivity index (χ4n) is 5.72. The van der Waals surface area contributed by atoms with Gasteiger partial charge in [0.1, 0.15) is 62.1 Å². The van der Waals surface area contributed by atoms with Crippen molar-refractivity contribution in [3.8, 4) is 23.0 Å². The molecule has 3 aromatic carbocycles. The molecule has 22 heteroatoms. The van der Waals surface area contributed by atoms with Gasteiger partial charge in [0, 0.05) is 125 Å². The van der Waals surface area contributed by atoms with Gasteiger partial charge in [0.2, 0.25) is 0 Å². The second-order valence-corrected chi connectivity index (χ2v) is 12.7. The summed E-state index contributed by atoms with van der Waals surface area (Å²) < 4.78 is 17.8. The van der Waals surface area contributed by atoms with E-state index in [1.807, 2.05) is 25.1 Å². The number of aromatic nitrogens is 1. The number of aliphatic carboxylic acids is 4. The minimum absolute atomic E-state index is 0. The Bertz CT molecular complexity index is 2330. The van der Waals surface area contributed by atoms with Crippen LogP contribution in [0.1, 0.15) is 15.9 Å². The van der Waals surface area contributed by atoms with E-state index in [4.69, 9.17) is 13.9 Å². The van der Waals surface area contributed by atoms with Gasteiger partial charge in [-0.3, -0.25) is 28.8 Å². The molecule has 1 aliphatic carbocycles. The molecule has 1 amide bonds. The van der Waals surface area contributed by atoms with E-state index in [9.17, 15) is 49.2 Å². The van der Waals surface area contributed by atoms with Crippen LogP contribution in [0.2, 0.25) is 0 Å². The number of fused-ring (bicyclic) bond motifs is 2. The van der Waals surface area contributed by atoms with E-state index in [2.05, 4.69) is 10.3 Å². The Morgan fingerprint density at radius 1 is 0.683 bits per heavy atom. The first-order valence-corrected chi connectivity index (χ1v) is 16.8. The number of anilines is 4. The summed E-state index contributed by atoms with van der Waals surface area (Å²) in [4.78, 5) is 81.4. The van der Waals surface area contributed by atoms with Crippen LogP contribution in [-0.2, 0) is 19.2 Å². The van der Waals surface area contributed by atoms with Gasteiger partial charge in [-0.05, 0) is 48.9 Å². The number of hydrogen-bond donors (Lipinski definition) is 5. The van der Waals surface area contributed by atoms with E-state index in [0.29, 0.717) is 11.1 Å². The van der Waals surface area contributed by atoms with Crippen LogP contribution in [0.3, 0.4) is 0 Å². The number of amides is 1. The molecule has 0 bridgehead atoms. The predicted molar refractivity (Wildman–Crippen MR) is 226 cm³/mol. The van der Waals surface area contributed by atoms with Gasteiger partial charge in [-0.1, -0.05) is 6.07 Å². The molecule has 5 rings (SSSR count). The van der Waals surface area contributed by atoms with Gasteiger partial charge in [0.05, 0.1) is 16.9 Å². The largest absolute Gasteiger partial charge is 0.488 e. The Kier molecular flexibility index (Phi) is 21.0. The van der Waals surface area contributed by atoms with Gasteiger partial charge in [0.25, 0.3) is 5.91 Å². The fourth-order valence-corrected chi connectivity index (χ4v) is 5.72. The maximum Gasteiger partial charge on any atom is 0.323 e. The number of carbonyl (C=O) groups is 5. The average molecular weight is 800 g/mol. The molecule has 5 N–H and O–H groups in total. The number of hydrogen-bond acceptors (Lipinski definition) is 13. The van der Waals surface area contributed by atoms with Gasteiger partial charge in [-0.2, -0.15) is 0 Å². The molecular formula is C38H37Li4N5O13. The van der Waals surface area contributed by atoms with Crippen molar-refractivity contribution in [2.24, 2.45) is 0 Å². The van der Waals surface area contributed by atoms with Crippen molar-refractivity contribution in [1.82, 2.24) is 4.98 Å². The molecule has 0 aromatic heterocycles. The van der Waals surface area contributed by atoms with Crippen molar-refractivity contribution in [1.29, 1.82) is 0 Å². The molecule has 0 saturated carbocycles.